The van der Waals surface area contributed by atoms with Gasteiger partial charge in [0.2, 0.25) is 0 Å². The van der Waals surface area contributed by atoms with Crippen LogP contribution in [0.3, 0.4) is 0 Å². The summed E-state index contributed by atoms with van der Waals surface area (Å²) in [7, 11) is 2.13. The summed E-state index contributed by atoms with van der Waals surface area (Å²) in [5.74, 6) is 0. The van der Waals surface area contributed by atoms with E-state index in [9.17, 15) is 4.79 Å². The quantitative estimate of drug-likeness (QED) is 0.368. The van der Waals surface area contributed by atoms with E-state index in [1.54, 1.807) is 22.6 Å². The van der Waals surface area contributed by atoms with E-state index in [-0.39, 0.29) is 3.91 Å². The van der Waals surface area contributed by atoms with E-state index in [1.807, 2.05) is 0 Å². The molecule has 0 spiro atoms. The largest absolute Gasteiger partial charge is 0.376 e. The molecule has 1 aliphatic rings. The standard InChI is InChI=1S/C9H17IN2O2/c1-12-5-2-8(3-6-12)14-7-4-11-9(10)13/h8H,2-7H2,1H3,(H,11,13). The van der Waals surface area contributed by atoms with Gasteiger partial charge in [-0.15, -0.1) is 0 Å². The van der Waals surface area contributed by atoms with Gasteiger partial charge in [0.15, 0.2) is 0 Å². The Morgan fingerprint density at radius 2 is 2.21 bits per heavy atom. The van der Waals surface area contributed by atoms with E-state index in [0.29, 0.717) is 19.3 Å². The van der Waals surface area contributed by atoms with Crippen molar-refractivity contribution in [2.24, 2.45) is 0 Å². The molecule has 0 aliphatic carbocycles. The first-order chi connectivity index (χ1) is 6.68. The lowest BCUT2D eigenvalue weighted by Gasteiger charge is -2.28. The summed E-state index contributed by atoms with van der Waals surface area (Å²) < 4.78 is 5.62. The molecule has 0 atom stereocenters. The molecule has 1 saturated heterocycles. The Morgan fingerprint density at radius 1 is 1.57 bits per heavy atom. The maximum Gasteiger partial charge on any atom is 0.280 e. The second-order valence-electron chi connectivity index (χ2n) is 3.57. The van der Waals surface area contributed by atoms with Gasteiger partial charge < -0.3 is 15.0 Å². The highest BCUT2D eigenvalue weighted by Gasteiger charge is 2.16. The molecule has 14 heavy (non-hydrogen) atoms. The number of hydrogen-bond acceptors (Lipinski definition) is 3. The van der Waals surface area contributed by atoms with Gasteiger partial charge in [0, 0.05) is 42.2 Å². The van der Waals surface area contributed by atoms with Crippen molar-refractivity contribution in [2.45, 2.75) is 18.9 Å². The maximum atomic E-state index is 10.6. The van der Waals surface area contributed by atoms with Crippen LogP contribution in [-0.4, -0.2) is 48.2 Å². The van der Waals surface area contributed by atoms with E-state index < -0.39 is 0 Å². The molecule has 0 aromatic carbocycles. The fourth-order valence-corrected chi connectivity index (χ4v) is 1.80. The Morgan fingerprint density at radius 3 is 2.79 bits per heavy atom. The van der Waals surface area contributed by atoms with Gasteiger partial charge in [-0.2, -0.15) is 0 Å². The number of carbonyl (C=O) groups excluding carboxylic acids is 1. The number of hydrogen-bond donors (Lipinski definition) is 1. The lowest BCUT2D eigenvalue weighted by molar-refractivity contribution is 0.0152. The van der Waals surface area contributed by atoms with Crippen LogP contribution in [0.5, 0.6) is 0 Å². The molecule has 1 rings (SSSR count). The third-order valence-corrected chi connectivity index (χ3v) is 2.77. The zero-order chi connectivity index (χ0) is 10.4. The van der Waals surface area contributed by atoms with Gasteiger partial charge in [0.05, 0.1) is 12.7 Å². The van der Waals surface area contributed by atoms with Crippen molar-refractivity contribution in [1.82, 2.24) is 10.2 Å². The maximum absolute atomic E-state index is 10.6. The van der Waals surface area contributed by atoms with Gasteiger partial charge in [-0.1, -0.05) is 0 Å². The molecule has 1 aliphatic heterocycles. The Kier molecular flexibility index (Phi) is 5.73. The molecule has 1 amide bonds. The molecular formula is C9H17IN2O2. The van der Waals surface area contributed by atoms with Crippen LogP contribution in [0.15, 0.2) is 0 Å². The molecule has 1 N–H and O–H groups in total. The fourth-order valence-electron chi connectivity index (χ4n) is 1.53. The second kappa shape index (κ2) is 6.58. The highest BCUT2D eigenvalue weighted by atomic mass is 127. The van der Waals surface area contributed by atoms with E-state index >= 15 is 0 Å². The molecule has 4 nitrogen and oxygen atoms in total. The first kappa shape index (κ1) is 12.2. The van der Waals surface area contributed by atoms with Gasteiger partial charge in [0.25, 0.3) is 3.91 Å². The Labute approximate surface area is 98.5 Å². The lowest BCUT2D eigenvalue weighted by Crippen LogP contribution is -2.35. The smallest absolute Gasteiger partial charge is 0.280 e. The molecule has 0 unspecified atom stereocenters. The number of carbonyl (C=O) groups is 1. The SMILES string of the molecule is CN1CCC(OCCNC(=O)I)CC1. The summed E-state index contributed by atoms with van der Waals surface area (Å²) >= 11 is 1.73. The van der Waals surface area contributed by atoms with Crippen LogP contribution >= 0.6 is 22.6 Å². The topological polar surface area (TPSA) is 41.6 Å². The van der Waals surface area contributed by atoms with Crippen LogP contribution in [-0.2, 0) is 4.74 Å². The number of rotatable bonds is 4. The van der Waals surface area contributed by atoms with Gasteiger partial charge in [-0.25, -0.2) is 0 Å². The third-order valence-electron chi connectivity index (χ3n) is 2.39. The monoisotopic (exact) mass is 312 g/mol. The van der Waals surface area contributed by atoms with Gasteiger partial charge >= 0.3 is 0 Å². The van der Waals surface area contributed by atoms with Crippen LogP contribution < -0.4 is 5.32 Å². The van der Waals surface area contributed by atoms with Crippen molar-refractivity contribution in [2.75, 3.05) is 33.3 Å². The molecule has 0 saturated carbocycles. The number of halogens is 1. The summed E-state index contributed by atoms with van der Waals surface area (Å²) in [5.41, 5.74) is 0. The minimum atomic E-state index is -0.0189. The van der Waals surface area contributed by atoms with Crippen molar-refractivity contribution >= 4 is 26.5 Å². The van der Waals surface area contributed by atoms with Crippen molar-refractivity contribution in [3.8, 4) is 0 Å². The van der Waals surface area contributed by atoms with Crippen LogP contribution in [0.25, 0.3) is 0 Å². The average Bonchev–Trinajstić information content (AvgIpc) is 2.15. The lowest BCUT2D eigenvalue weighted by atomic mass is 10.1. The average molecular weight is 312 g/mol. The number of amides is 1. The minimum absolute atomic E-state index is 0.0189. The summed E-state index contributed by atoms with van der Waals surface area (Å²) in [5, 5.41) is 2.71. The predicted octanol–water partition coefficient (Wildman–Crippen LogP) is 1.24. The molecule has 5 heteroatoms. The summed E-state index contributed by atoms with van der Waals surface area (Å²) in [6.07, 6.45) is 2.60. The molecule has 1 heterocycles. The number of nitrogens with zero attached hydrogens (tertiary/aromatic N) is 1. The summed E-state index contributed by atoms with van der Waals surface area (Å²) in [6.45, 7) is 3.48. The zero-order valence-corrected chi connectivity index (χ0v) is 10.6. The highest BCUT2D eigenvalue weighted by molar-refractivity contribution is 14.1. The van der Waals surface area contributed by atoms with Gasteiger partial charge in [0.1, 0.15) is 0 Å². The Balaban J connectivity index is 1.99. The van der Waals surface area contributed by atoms with Crippen LogP contribution in [0.4, 0.5) is 4.79 Å². The fraction of sp³-hybridized carbons (Fsp3) is 0.889. The van der Waals surface area contributed by atoms with Crippen molar-refractivity contribution in [1.29, 1.82) is 0 Å². The first-order valence-corrected chi connectivity index (χ1v) is 6.00. The van der Waals surface area contributed by atoms with Crippen molar-refractivity contribution < 1.29 is 9.53 Å². The first-order valence-electron chi connectivity index (χ1n) is 4.92. The van der Waals surface area contributed by atoms with Crippen LogP contribution in [0.1, 0.15) is 12.8 Å². The predicted molar refractivity (Wildman–Crippen MR) is 63.9 cm³/mol. The van der Waals surface area contributed by atoms with Gasteiger partial charge in [-0.3, -0.25) is 4.79 Å². The molecule has 0 aromatic rings. The molecule has 1 fully saturated rings. The van der Waals surface area contributed by atoms with Crippen molar-refractivity contribution in [3.05, 3.63) is 0 Å². The highest BCUT2D eigenvalue weighted by Crippen LogP contribution is 2.11. The molecule has 0 aromatic heterocycles. The molecular weight excluding hydrogens is 295 g/mol. The second-order valence-corrected chi connectivity index (χ2v) is 4.55. The number of piperidine rings is 1. The molecule has 82 valence electrons. The van der Waals surface area contributed by atoms with Crippen molar-refractivity contribution in [3.63, 3.8) is 0 Å². The van der Waals surface area contributed by atoms with Gasteiger partial charge in [-0.05, 0) is 19.9 Å². The van der Waals surface area contributed by atoms with E-state index in [0.717, 1.165) is 25.9 Å². The van der Waals surface area contributed by atoms with E-state index in [4.69, 9.17) is 4.74 Å². The van der Waals surface area contributed by atoms with Crippen LogP contribution in [0, 0.1) is 0 Å². The number of likely N-dealkylation sites (tertiary alicyclic amines) is 1. The zero-order valence-electron chi connectivity index (χ0n) is 8.46. The minimum Gasteiger partial charge on any atom is -0.376 e. The number of ether oxygens (including phenoxy) is 1. The van der Waals surface area contributed by atoms with E-state index in [1.165, 1.54) is 0 Å². The number of nitrogens with one attached hydrogen (secondary N) is 1. The molecule has 0 radical (unpaired) electrons. The Bertz CT molecular complexity index is 182. The summed E-state index contributed by atoms with van der Waals surface area (Å²) in [4.78, 5) is 12.9. The normalized spacial score (nSPS) is 19.6. The molecule has 0 bridgehead atoms. The van der Waals surface area contributed by atoms with Crippen LogP contribution in [0.2, 0.25) is 0 Å². The third kappa shape index (κ3) is 5.11. The van der Waals surface area contributed by atoms with E-state index in [2.05, 4.69) is 17.3 Å². The summed E-state index contributed by atoms with van der Waals surface area (Å²) in [6, 6.07) is 0. The Hall–Kier alpha value is 0.120.